The molecule has 3 heteroatoms. The van der Waals surface area contributed by atoms with E-state index in [4.69, 9.17) is 11.6 Å². The summed E-state index contributed by atoms with van der Waals surface area (Å²) in [6.45, 7) is 3.84. The molecule has 0 fully saturated rings. The zero-order valence-electron chi connectivity index (χ0n) is 8.83. The SMILES string of the molecule is CC(C)NC(=O)/C=C\c1cccc(Cl)c1. The van der Waals surface area contributed by atoms with Crippen LogP contribution in [0.1, 0.15) is 19.4 Å². The van der Waals surface area contributed by atoms with Crippen LogP contribution in [0.5, 0.6) is 0 Å². The fourth-order valence-corrected chi connectivity index (χ4v) is 1.31. The van der Waals surface area contributed by atoms with Gasteiger partial charge >= 0.3 is 0 Å². The van der Waals surface area contributed by atoms with E-state index in [9.17, 15) is 4.79 Å². The largest absolute Gasteiger partial charge is 0.350 e. The predicted molar refractivity (Wildman–Crippen MR) is 63.8 cm³/mol. The van der Waals surface area contributed by atoms with Crippen molar-refractivity contribution in [1.29, 1.82) is 0 Å². The van der Waals surface area contributed by atoms with Crippen LogP contribution in [-0.4, -0.2) is 11.9 Å². The van der Waals surface area contributed by atoms with Crippen LogP contribution in [0.25, 0.3) is 6.08 Å². The van der Waals surface area contributed by atoms with E-state index in [2.05, 4.69) is 5.32 Å². The fourth-order valence-electron chi connectivity index (χ4n) is 1.11. The lowest BCUT2D eigenvalue weighted by molar-refractivity contribution is -0.116. The van der Waals surface area contributed by atoms with Crippen molar-refractivity contribution in [2.24, 2.45) is 0 Å². The Morgan fingerprint density at radius 1 is 1.47 bits per heavy atom. The second-order valence-electron chi connectivity index (χ2n) is 3.55. The van der Waals surface area contributed by atoms with Gasteiger partial charge in [-0.05, 0) is 37.6 Å². The molecule has 15 heavy (non-hydrogen) atoms. The summed E-state index contributed by atoms with van der Waals surface area (Å²) in [7, 11) is 0. The summed E-state index contributed by atoms with van der Waals surface area (Å²) in [5.74, 6) is -0.0926. The average Bonchev–Trinajstić information content (AvgIpc) is 2.14. The molecule has 0 aliphatic carbocycles. The maximum atomic E-state index is 11.3. The highest BCUT2D eigenvalue weighted by Crippen LogP contribution is 2.11. The quantitative estimate of drug-likeness (QED) is 0.785. The molecular formula is C12H14ClNO. The van der Waals surface area contributed by atoms with Gasteiger partial charge in [-0.15, -0.1) is 0 Å². The lowest BCUT2D eigenvalue weighted by Gasteiger charge is -2.04. The molecule has 0 saturated carbocycles. The first-order valence-corrected chi connectivity index (χ1v) is 5.20. The second kappa shape index (κ2) is 5.56. The van der Waals surface area contributed by atoms with E-state index in [1.807, 2.05) is 26.0 Å². The first kappa shape index (κ1) is 11.8. The topological polar surface area (TPSA) is 29.1 Å². The summed E-state index contributed by atoms with van der Waals surface area (Å²) in [5, 5.41) is 3.44. The van der Waals surface area contributed by atoms with Gasteiger partial charge < -0.3 is 5.32 Å². The van der Waals surface area contributed by atoms with Crippen molar-refractivity contribution in [2.75, 3.05) is 0 Å². The number of carbonyl (C=O) groups is 1. The van der Waals surface area contributed by atoms with Crippen LogP contribution < -0.4 is 5.32 Å². The number of carbonyl (C=O) groups excluding carboxylic acids is 1. The molecule has 1 amide bonds. The summed E-state index contributed by atoms with van der Waals surface area (Å²) in [6, 6.07) is 7.50. The summed E-state index contributed by atoms with van der Waals surface area (Å²) < 4.78 is 0. The molecule has 0 saturated heterocycles. The standard InChI is InChI=1S/C12H14ClNO/c1-9(2)14-12(15)7-6-10-4-3-5-11(13)8-10/h3-9H,1-2H3,(H,14,15)/b7-6-. The lowest BCUT2D eigenvalue weighted by Crippen LogP contribution is -2.28. The van der Waals surface area contributed by atoms with Crippen molar-refractivity contribution in [2.45, 2.75) is 19.9 Å². The van der Waals surface area contributed by atoms with Crippen molar-refractivity contribution < 1.29 is 4.79 Å². The maximum Gasteiger partial charge on any atom is 0.244 e. The third-order valence-corrected chi connectivity index (χ3v) is 1.94. The minimum atomic E-state index is -0.0926. The van der Waals surface area contributed by atoms with Crippen molar-refractivity contribution in [3.63, 3.8) is 0 Å². The van der Waals surface area contributed by atoms with Gasteiger partial charge in [0.2, 0.25) is 5.91 Å². The number of nitrogens with one attached hydrogen (secondary N) is 1. The smallest absolute Gasteiger partial charge is 0.244 e. The predicted octanol–water partition coefficient (Wildman–Crippen LogP) is 2.88. The van der Waals surface area contributed by atoms with Gasteiger partial charge in [0.1, 0.15) is 0 Å². The Morgan fingerprint density at radius 3 is 2.80 bits per heavy atom. The van der Waals surface area contributed by atoms with Crippen LogP contribution in [-0.2, 0) is 4.79 Å². The molecule has 0 bridgehead atoms. The van der Waals surface area contributed by atoms with E-state index in [0.29, 0.717) is 5.02 Å². The maximum absolute atomic E-state index is 11.3. The van der Waals surface area contributed by atoms with Crippen LogP contribution in [0.15, 0.2) is 30.3 Å². The molecule has 0 spiro atoms. The minimum Gasteiger partial charge on any atom is -0.350 e. The summed E-state index contributed by atoms with van der Waals surface area (Å²) >= 11 is 5.81. The van der Waals surface area contributed by atoms with Gasteiger partial charge in [-0.3, -0.25) is 4.79 Å². The van der Waals surface area contributed by atoms with Crippen LogP contribution >= 0.6 is 11.6 Å². The number of benzene rings is 1. The van der Waals surface area contributed by atoms with Crippen molar-refractivity contribution in [1.82, 2.24) is 5.32 Å². The molecule has 0 atom stereocenters. The molecule has 0 aliphatic heterocycles. The molecular weight excluding hydrogens is 210 g/mol. The molecule has 0 aliphatic rings. The number of halogens is 1. The Bertz CT molecular complexity index is 372. The van der Waals surface area contributed by atoms with Gasteiger partial charge in [0.05, 0.1) is 0 Å². The van der Waals surface area contributed by atoms with Gasteiger partial charge in [0.15, 0.2) is 0 Å². The Balaban J connectivity index is 2.61. The normalized spacial score (nSPS) is 10.9. The third-order valence-electron chi connectivity index (χ3n) is 1.71. The molecule has 1 aromatic rings. The zero-order valence-corrected chi connectivity index (χ0v) is 9.58. The highest BCUT2D eigenvalue weighted by Gasteiger charge is 1.97. The third kappa shape index (κ3) is 4.66. The van der Waals surface area contributed by atoms with Crippen LogP contribution in [0.4, 0.5) is 0 Å². The molecule has 0 heterocycles. The number of rotatable bonds is 3. The van der Waals surface area contributed by atoms with Gasteiger partial charge in [-0.25, -0.2) is 0 Å². The highest BCUT2D eigenvalue weighted by atomic mass is 35.5. The first-order chi connectivity index (χ1) is 7.08. The monoisotopic (exact) mass is 223 g/mol. The minimum absolute atomic E-state index is 0.0926. The van der Waals surface area contributed by atoms with E-state index in [1.54, 1.807) is 18.2 Å². The van der Waals surface area contributed by atoms with Gasteiger partial charge in [-0.1, -0.05) is 23.7 Å². The van der Waals surface area contributed by atoms with E-state index in [1.165, 1.54) is 6.08 Å². The highest BCUT2D eigenvalue weighted by molar-refractivity contribution is 6.30. The van der Waals surface area contributed by atoms with E-state index < -0.39 is 0 Å². The Labute approximate surface area is 94.9 Å². The Kier molecular flexibility index (Phi) is 4.37. The molecule has 1 aromatic carbocycles. The molecule has 80 valence electrons. The van der Waals surface area contributed by atoms with Crippen LogP contribution in [0.3, 0.4) is 0 Å². The molecule has 1 rings (SSSR count). The summed E-state index contributed by atoms with van der Waals surface area (Å²) in [5.41, 5.74) is 0.918. The first-order valence-electron chi connectivity index (χ1n) is 4.82. The van der Waals surface area contributed by atoms with Crippen molar-refractivity contribution in [3.8, 4) is 0 Å². The van der Waals surface area contributed by atoms with E-state index >= 15 is 0 Å². The molecule has 1 N–H and O–H groups in total. The van der Waals surface area contributed by atoms with Gasteiger partial charge in [0, 0.05) is 17.1 Å². The molecule has 2 nitrogen and oxygen atoms in total. The van der Waals surface area contributed by atoms with E-state index in [-0.39, 0.29) is 11.9 Å². The molecule has 0 radical (unpaired) electrons. The van der Waals surface area contributed by atoms with E-state index in [0.717, 1.165) is 5.56 Å². The number of hydrogen-bond donors (Lipinski definition) is 1. The lowest BCUT2D eigenvalue weighted by atomic mass is 10.2. The van der Waals surface area contributed by atoms with Gasteiger partial charge in [0.25, 0.3) is 0 Å². The second-order valence-corrected chi connectivity index (χ2v) is 3.99. The van der Waals surface area contributed by atoms with Gasteiger partial charge in [-0.2, -0.15) is 0 Å². The molecule has 0 unspecified atom stereocenters. The number of amides is 1. The van der Waals surface area contributed by atoms with Crippen LogP contribution in [0.2, 0.25) is 5.02 Å². The summed E-state index contributed by atoms with van der Waals surface area (Å²) in [6.07, 6.45) is 3.25. The van der Waals surface area contributed by atoms with Crippen molar-refractivity contribution in [3.05, 3.63) is 40.9 Å². The Hall–Kier alpha value is -1.28. The Morgan fingerprint density at radius 2 is 2.20 bits per heavy atom. The zero-order chi connectivity index (χ0) is 11.3. The number of hydrogen-bond acceptors (Lipinski definition) is 1. The summed E-state index contributed by atoms with van der Waals surface area (Å²) in [4.78, 5) is 11.3. The van der Waals surface area contributed by atoms with Crippen LogP contribution in [0, 0.1) is 0 Å². The fraction of sp³-hybridized carbons (Fsp3) is 0.250. The molecule has 0 aromatic heterocycles. The van der Waals surface area contributed by atoms with Crippen molar-refractivity contribution >= 4 is 23.6 Å². The average molecular weight is 224 g/mol.